The summed E-state index contributed by atoms with van der Waals surface area (Å²) in [6.45, 7) is 11.7. The Balaban J connectivity index is 2.79. The first-order valence-electron chi connectivity index (χ1n) is 6.77. The zero-order valence-electron chi connectivity index (χ0n) is 12.2. The topological polar surface area (TPSA) is 49.4 Å². The van der Waals surface area contributed by atoms with E-state index in [1.165, 1.54) is 0 Å². The lowest BCUT2D eigenvalue weighted by molar-refractivity contribution is -0.135. The minimum Gasteiger partial charge on any atom is -0.344 e. The fourth-order valence-electron chi connectivity index (χ4n) is 2.26. The van der Waals surface area contributed by atoms with Crippen LogP contribution in [-0.4, -0.2) is 35.8 Å². The van der Waals surface area contributed by atoms with Gasteiger partial charge < -0.3 is 10.2 Å². The van der Waals surface area contributed by atoms with Gasteiger partial charge in [-0.25, -0.2) is 0 Å². The van der Waals surface area contributed by atoms with E-state index in [0.717, 1.165) is 0 Å². The van der Waals surface area contributed by atoms with Crippen molar-refractivity contribution in [3.8, 4) is 0 Å². The summed E-state index contributed by atoms with van der Waals surface area (Å²) in [6, 6.07) is -0.345. The molecule has 1 fully saturated rings. The summed E-state index contributed by atoms with van der Waals surface area (Å²) >= 11 is 0. The van der Waals surface area contributed by atoms with E-state index < -0.39 is 0 Å². The highest BCUT2D eigenvalue weighted by Gasteiger charge is 2.31. The molecule has 1 unspecified atom stereocenters. The summed E-state index contributed by atoms with van der Waals surface area (Å²) in [7, 11) is 0. The van der Waals surface area contributed by atoms with Crippen LogP contribution >= 0.6 is 0 Å². The normalized spacial score (nSPS) is 22.1. The third kappa shape index (κ3) is 4.67. The first-order chi connectivity index (χ1) is 8.19. The second kappa shape index (κ2) is 5.72. The lowest BCUT2D eigenvalue weighted by Gasteiger charge is -2.31. The Morgan fingerprint density at radius 2 is 1.94 bits per heavy atom. The molecular formula is C14H26N2O2. The minimum absolute atomic E-state index is 0.00888. The molecule has 0 spiro atoms. The van der Waals surface area contributed by atoms with Gasteiger partial charge in [0.25, 0.3) is 0 Å². The van der Waals surface area contributed by atoms with Crippen LogP contribution in [-0.2, 0) is 9.59 Å². The largest absolute Gasteiger partial charge is 0.344 e. The van der Waals surface area contributed by atoms with Gasteiger partial charge in [-0.3, -0.25) is 9.59 Å². The van der Waals surface area contributed by atoms with Gasteiger partial charge in [0.05, 0.1) is 0 Å². The van der Waals surface area contributed by atoms with E-state index in [4.69, 9.17) is 0 Å². The summed E-state index contributed by atoms with van der Waals surface area (Å²) in [5.41, 5.74) is 0.0609. The van der Waals surface area contributed by atoms with Crippen LogP contribution in [0, 0.1) is 11.3 Å². The molecule has 0 saturated carbocycles. The molecule has 0 aliphatic carbocycles. The van der Waals surface area contributed by atoms with E-state index in [-0.39, 0.29) is 23.3 Å². The van der Waals surface area contributed by atoms with E-state index in [1.807, 2.05) is 4.90 Å². The number of hydrogen-bond acceptors (Lipinski definition) is 2. The van der Waals surface area contributed by atoms with Gasteiger partial charge in [-0.1, -0.05) is 34.6 Å². The van der Waals surface area contributed by atoms with E-state index in [1.54, 1.807) is 0 Å². The third-order valence-corrected chi connectivity index (χ3v) is 2.93. The van der Waals surface area contributed by atoms with Gasteiger partial charge in [-0.05, 0) is 17.8 Å². The number of nitrogens with zero attached hydrogens (tertiary/aromatic N) is 1. The van der Waals surface area contributed by atoms with Crippen LogP contribution in [0.1, 0.15) is 47.5 Å². The maximum Gasteiger partial charge on any atom is 0.245 e. The number of rotatable bonds is 3. The van der Waals surface area contributed by atoms with Gasteiger partial charge in [-0.2, -0.15) is 0 Å². The van der Waals surface area contributed by atoms with E-state index in [2.05, 4.69) is 39.9 Å². The summed E-state index contributed by atoms with van der Waals surface area (Å²) in [5, 5.41) is 2.85. The highest BCUT2D eigenvalue weighted by atomic mass is 16.2. The summed E-state index contributed by atoms with van der Waals surface area (Å²) in [5.74, 6) is 0.462. The highest BCUT2D eigenvalue weighted by Crippen LogP contribution is 2.19. The molecule has 0 aromatic heterocycles. The molecule has 0 radical (unpaired) electrons. The molecule has 0 bridgehead atoms. The Labute approximate surface area is 110 Å². The third-order valence-electron chi connectivity index (χ3n) is 2.93. The monoisotopic (exact) mass is 254 g/mol. The Morgan fingerprint density at radius 1 is 1.33 bits per heavy atom. The molecule has 1 aliphatic rings. The van der Waals surface area contributed by atoms with Crippen molar-refractivity contribution < 1.29 is 9.59 Å². The van der Waals surface area contributed by atoms with Crippen LogP contribution in [0.15, 0.2) is 0 Å². The van der Waals surface area contributed by atoms with E-state index in [9.17, 15) is 9.59 Å². The summed E-state index contributed by atoms with van der Waals surface area (Å²) in [4.78, 5) is 25.9. The van der Waals surface area contributed by atoms with Crippen LogP contribution < -0.4 is 5.32 Å². The van der Waals surface area contributed by atoms with Gasteiger partial charge >= 0.3 is 0 Å². The molecule has 0 aromatic rings. The van der Waals surface area contributed by atoms with Crippen LogP contribution in [0.3, 0.4) is 0 Å². The molecule has 4 heteroatoms. The van der Waals surface area contributed by atoms with Crippen LogP contribution in [0.5, 0.6) is 0 Å². The summed E-state index contributed by atoms with van der Waals surface area (Å²) < 4.78 is 0. The standard InChI is InChI=1S/C14H26N2O2/c1-10(2)8-11-13(18)16(9-14(3,4)5)7-6-12(17)15-11/h10-11H,6-9H2,1-5H3,(H,15,17). The van der Waals surface area contributed by atoms with Crippen molar-refractivity contribution in [2.24, 2.45) is 11.3 Å². The van der Waals surface area contributed by atoms with E-state index >= 15 is 0 Å². The van der Waals surface area contributed by atoms with Crippen molar-refractivity contribution in [3.05, 3.63) is 0 Å². The number of carbonyl (C=O) groups is 2. The van der Waals surface area contributed by atoms with Gasteiger partial charge in [0.1, 0.15) is 6.04 Å². The molecular weight excluding hydrogens is 228 g/mol. The molecule has 2 amide bonds. The average molecular weight is 254 g/mol. The highest BCUT2D eigenvalue weighted by molar-refractivity contribution is 5.89. The van der Waals surface area contributed by atoms with Crippen molar-refractivity contribution in [1.29, 1.82) is 0 Å². The van der Waals surface area contributed by atoms with Crippen LogP contribution in [0.2, 0.25) is 0 Å². The zero-order chi connectivity index (χ0) is 13.9. The van der Waals surface area contributed by atoms with Crippen molar-refractivity contribution in [2.45, 2.75) is 53.5 Å². The van der Waals surface area contributed by atoms with Crippen LogP contribution in [0.25, 0.3) is 0 Å². The number of hydrogen-bond donors (Lipinski definition) is 1. The second-order valence-electron chi connectivity index (χ2n) is 6.82. The smallest absolute Gasteiger partial charge is 0.245 e. The maximum absolute atomic E-state index is 12.4. The van der Waals surface area contributed by atoms with Crippen molar-refractivity contribution in [1.82, 2.24) is 10.2 Å². The van der Waals surface area contributed by atoms with Gasteiger partial charge in [-0.15, -0.1) is 0 Å². The molecule has 1 aliphatic heterocycles. The predicted octanol–water partition coefficient (Wildman–Crippen LogP) is 1.80. The molecule has 18 heavy (non-hydrogen) atoms. The fraction of sp³-hybridized carbons (Fsp3) is 0.857. The van der Waals surface area contributed by atoms with Crippen molar-refractivity contribution in [3.63, 3.8) is 0 Å². The lowest BCUT2D eigenvalue weighted by atomic mass is 9.95. The predicted molar refractivity (Wildman–Crippen MR) is 72.0 cm³/mol. The zero-order valence-corrected chi connectivity index (χ0v) is 12.2. The molecule has 1 atom stereocenters. The minimum atomic E-state index is -0.345. The fourth-order valence-corrected chi connectivity index (χ4v) is 2.26. The van der Waals surface area contributed by atoms with Crippen LogP contribution in [0.4, 0.5) is 0 Å². The first-order valence-corrected chi connectivity index (χ1v) is 6.77. The van der Waals surface area contributed by atoms with Crippen molar-refractivity contribution in [2.75, 3.05) is 13.1 Å². The second-order valence-corrected chi connectivity index (χ2v) is 6.82. The van der Waals surface area contributed by atoms with Gasteiger partial charge in [0.15, 0.2) is 0 Å². The maximum atomic E-state index is 12.4. The first kappa shape index (κ1) is 15.0. The molecule has 104 valence electrons. The summed E-state index contributed by atoms with van der Waals surface area (Å²) in [6.07, 6.45) is 1.13. The quantitative estimate of drug-likeness (QED) is 0.835. The number of nitrogens with one attached hydrogen (secondary N) is 1. The van der Waals surface area contributed by atoms with Crippen molar-refractivity contribution >= 4 is 11.8 Å². The van der Waals surface area contributed by atoms with Gasteiger partial charge in [0, 0.05) is 19.5 Å². The number of carbonyl (C=O) groups excluding carboxylic acids is 2. The molecule has 1 rings (SSSR count). The van der Waals surface area contributed by atoms with E-state index in [0.29, 0.717) is 31.8 Å². The number of amides is 2. The molecule has 4 nitrogen and oxygen atoms in total. The molecule has 1 heterocycles. The lowest BCUT2D eigenvalue weighted by Crippen LogP contribution is -2.47. The Morgan fingerprint density at radius 3 is 2.44 bits per heavy atom. The molecule has 0 aromatic carbocycles. The Bertz CT molecular complexity index is 318. The molecule has 1 N–H and O–H groups in total. The van der Waals surface area contributed by atoms with Gasteiger partial charge in [0.2, 0.25) is 11.8 Å². The Hall–Kier alpha value is -1.06. The Kier molecular flexibility index (Phi) is 4.77. The average Bonchev–Trinajstić information content (AvgIpc) is 2.29. The SMILES string of the molecule is CC(C)CC1NC(=O)CCN(CC(C)(C)C)C1=O. The molecule has 1 saturated heterocycles.